The van der Waals surface area contributed by atoms with Crippen molar-refractivity contribution in [2.75, 3.05) is 72.0 Å². The number of hydrogen-bond acceptors (Lipinski definition) is 12. The maximum atomic E-state index is 12.8. The third kappa shape index (κ3) is 8.93. The van der Waals surface area contributed by atoms with Gasteiger partial charge in [0.1, 0.15) is 0 Å². The topological polar surface area (TPSA) is 163 Å². The van der Waals surface area contributed by atoms with Gasteiger partial charge < -0.3 is 24.7 Å². The normalized spacial score (nSPS) is 14.0. The Morgan fingerprint density at radius 2 is 0.818 bits per heavy atom. The van der Waals surface area contributed by atoms with Gasteiger partial charge in [-0.1, -0.05) is 36.4 Å². The number of pyridine rings is 2. The molecular formula is C50H45ClN10O5. The van der Waals surface area contributed by atoms with Crippen LogP contribution in [0.1, 0.15) is 32.1 Å². The highest BCUT2D eigenvalue weighted by atomic mass is 35.5. The van der Waals surface area contributed by atoms with Crippen molar-refractivity contribution in [3.8, 4) is 11.4 Å². The van der Waals surface area contributed by atoms with Gasteiger partial charge in [-0.25, -0.2) is 14.8 Å². The number of benzene rings is 4. The van der Waals surface area contributed by atoms with Crippen LogP contribution in [0.2, 0.25) is 0 Å². The van der Waals surface area contributed by atoms with Crippen LogP contribution in [0.15, 0.2) is 143 Å². The van der Waals surface area contributed by atoms with E-state index in [0.29, 0.717) is 40.1 Å². The van der Waals surface area contributed by atoms with E-state index in [-0.39, 0.29) is 16.7 Å². The van der Waals surface area contributed by atoms with E-state index in [9.17, 15) is 24.3 Å². The molecule has 1 N–H and O–H groups in total. The fraction of sp³-hybridized carbons (Fsp3) is 0.200. The Balaban J connectivity index is 0.000000166. The van der Waals surface area contributed by atoms with Crippen LogP contribution in [-0.4, -0.2) is 97.7 Å². The molecule has 10 rings (SSSR count). The molecule has 2 aliphatic heterocycles. The van der Waals surface area contributed by atoms with Crippen LogP contribution in [0, 0.1) is 13.8 Å². The zero-order valence-corrected chi connectivity index (χ0v) is 37.0. The summed E-state index contributed by atoms with van der Waals surface area (Å²) < 4.78 is 3.07. The van der Waals surface area contributed by atoms with Gasteiger partial charge >= 0.3 is 5.97 Å². The molecule has 6 heterocycles. The maximum Gasteiger partial charge on any atom is 0.335 e. The number of nitrogens with zero attached hydrogens (tertiary/aromatic N) is 10. The highest BCUT2D eigenvalue weighted by molar-refractivity contribution is 6.67. The summed E-state index contributed by atoms with van der Waals surface area (Å²) in [6, 6.07) is 40.0. The molecule has 2 aliphatic rings. The SMILES string of the molecule is Cc1nc(N2CCN(c3ccccc3)CC2)nc2c1ccc(=O)n2-c1ccc(C(=O)Cl)cc1.Cc1nc(N2CCN(c3ccccc3)CC2)nc2c1ccc(=O)n2-c1ccc(C(=O)O)cc1. The van der Waals surface area contributed by atoms with Crippen molar-refractivity contribution in [1.29, 1.82) is 0 Å². The number of para-hydroxylation sites is 2. The molecule has 0 radical (unpaired) electrons. The standard InChI is InChI=1S/C25H22ClN5O2.C25H23N5O3/c1-17-21-11-12-22(32)31(20-9-7-18(8-10-20)23(26)33)24(21)28-25(27-17)30-15-13-29(14-16-30)19-5-3-2-4-6-19;1-17-21-11-12-22(31)30(20-9-7-18(8-10-20)24(32)33)23(21)27-25(26-17)29-15-13-28(14-16-29)19-5-3-2-4-6-19/h2-12H,13-16H2,1H3;2-12H,13-16H2,1H3,(H,32,33). The number of hydrogen-bond donors (Lipinski definition) is 1. The van der Waals surface area contributed by atoms with Crippen LogP contribution in [0.4, 0.5) is 23.3 Å². The first-order chi connectivity index (χ1) is 32.0. The Morgan fingerprint density at radius 3 is 1.18 bits per heavy atom. The monoisotopic (exact) mass is 900 g/mol. The number of aromatic carboxylic acids is 1. The van der Waals surface area contributed by atoms with E-state index in [4.69, 9.17) is 31.5 Å². The average molecular weight is 901 g/mol. The number of piperazine rings is 2. The molecule has 0 spiro atoms. The summed E-state index contributed by atoms with van der Waals surface area (Å²) in [6.45, 7) is 10.4. The number of carbonyl (C=O) groups is 2. The second-order valence-corrected chi connectivity index (χ2v) is 16.3. The minimum atomic E-state index is -1.01. The smallest absolute Gasteiger partial charge is 0.335 e. The van der Waals surface area contributed by atoms with Gasteiger partial charge in [-0.05, 0) is 110 Å². The first-order valence-corrected chi connectivity index (χ1v) is 21.9. The van der Waals surface area contributed by atoms with E-state index in [2.05, 4.69) is 43.9 Å². The summed E-state index contributed by atoms with van der Waals surface area (Å²) >= 11 is 5.57. The molecule has 16 heteroatoms. The van der Waals surface area contributed by atoms with Crippen molar-refractivity contribution in [2.45, 2.75) is 13.8 Å². The van der Waals surface area contributed by atoms with Crippen molar-refractivity contribution in [3.05, 3.63) is 177 Å². The Kier molecular flexibility index (Phi) is 12.3. The highest BCUT2D eigenvalue weighted by Gasteiger charge is 2.23. The van der Waals surface area contributed by atoms with Crippen LogP contribution in [0.5, 0.6) is 0 Å². The first kappa shape index (κ1) is 43.3. The van der Waals surface area contributed by atoms with Crippen LogP contribution in [0.25, 0.3) is 33.4 Å². The zero-order chi connectivity index (χ0) is 45.9. The van der Waals surface area contributed by atoms with Crippen molar-refractivity contribution >= 4 is 68.2 Å². The number of aromatic nitrogens is 6. The second-order valence-electron chi connectivity index (χ2n) is 16.0. The average Bonchev–Trinajstić information content (AvgIpc) is 3.34. The quantitative estimate of drug-likeness (QED) is 0.157. The highest BCUT2D eigenvalue weighted by Crippen LogP contribution is 2.25. The zero-order valence-electron chi connectivity index (χ0n) is 36.3. The summed E-state index contributed by atoms with van der Waals surface area (Å²) in [5, 5.41) is 10.2. The van der Waals surface area contributed by atoms with Crippen LogP contribution in [-0.2, 0) is 0 Å². The molecule has 0 bridgehead atoms. The summed E-state index contributed by atoms with van der Waals surface area (Å²) in [5.74, 6) is 0.191. The molecule has 0 saturated carbocycles. The second kappa shape index (κ2) is 18.7. The number of anilines is 4. The molecule has 2 saturated heterocycles. The number of carboxylic acid groups (broad SMARTS) is 1. The number of carboxylic acids is 1. The molecule has 66 heavy (non-hydrogen) atoms. The molecule has 0 aliphatic carbocycles. The van der Waals surface area contributed by atoms with E-state index in [1.807, 2.05) is 50.2 Å². The van der Waals surface area contributed by atoms with Crippen molar-refractivity contribution in [1.82, 2.24) is 29.1 Å². The minimum absolute atomic E-state index is 0.162. The van der Waals surface area contributed by atoms with Crippen LogP contribution < -0.4 is 30.7 Å². The Labute approximate surface area is 384 Å². The lowest BCUT2D eigenvalue weighted by Gasteiger charge is -2.36. The molecular weight excluding hydrogens is 856 g/mol. The van der Waals surface area contributed by atoms with Gasteiger partial charge in [0.15, 0.2) is 11.3 Å². The van der Waals surface area contributed by atoms with Gasteiger partial charge in [-0.15, -0.1) is 0 Å². The number of fused-ring (bicyclic) bond motifs is 2. The summed E-state index contributed by atoms with van der Waals surface area (Å²) in [4.78, 5) is 76.3. The lowest BCUT2D eigenvalue weighted by Crippen LogP contribution is -2.47. The largest absolute Gasteiger partial charge is 0.478 e. The van der Waals surface area contributed by atoms with E-state index in [0.717, 1.165) is 74.5 Å². The van der Waals surface area contributed by atoms with E-state index in [1.165, 1.54) is 40.2 Å². The summed E-state index contributed by atoms with van der Waals surface area (Å²) in [6.07, 6.45) is 0. The lowest BCUT2D eigenvalue weighted by molar-refractivity contribution is 0.0696. The number of halogens is 1. The first-order valence-electron chi connectivity index (χ1n) is 21.6. The maximum absolute atomic E-state index is 12.8. The molecule has 2 fully saturated rings. The van der Waals surface area contributed by atoms with Crippen LogP contribution in [0.3, 0.4) is 0 Å². The molecule has 332 valence electrons. The molecule has 8 aromatic rings. The lowest BCUT2D eigenvalue weighted by atomic mass is 10.2. The van der Waals surface area contributed by atoms with E-state index in [1.54, 1.807) is 53.1 Å². The number of rotatable bonds is 8. The van der Waals surface area contributed by atoms with Gasteiger partial charge in [-0.3, -0.25) is 23.5 Å². The fourth-order valence-corrected chi connectivity index (χ4v) is 8.51. The molecule has 4 aromatic heterocycles. The van der Waals surface area contributed by atoms with E-state index >= 15 is 0 Å². The van der Waals surface area contributed by atoms with Gasteiger partial charge in [-0.2, -0.15) is 9.97 Å². The Morgan fingerprint density at radius 1 is 0.455 bits per heavy atom. The number of carbonyl (C=O) groups excluding carboxylic acids is 1. The van der Waals surface area contributed by atoms with E-state index < -0.39 is 11.2 Å². The molecule has 4 aromatic carbocycles. The fourth-order valence-electron chi connectivity index (χ4n) is 8.39. The van der Waals surface area contributed by atoms with Gasteiger partial charge in [0.25, 0.3) is 16.4 Å². The van der Waals surface area contributed by atoms with Crippen LogP contribution >= 0.6 is 11.6 Å². The van der Waals surface area contributed by atoms with Crippen molar-refractivity contribution < 1.29 is 14.7 Å². The predicted octanol–water partition coefficient (Wildman–Crippen LogP) is 6.91. The van der Waals surface area contributed by atoms with Crippen molar-refractivity contribution in [2.24, 2.45) is 0 Å². The Hall–Kier alpha value is -7.91. The number of aryl methyl sites for hydroxylation is 2. The van der Waals surface area contributed by atoms with Gasteiger partial charge in [0, 0.05) is 92.2 Å². The minimum Gasteiger partial charge on any atom is -0.478 e. The van der Waals surface area contributed by atoms with Crippen molar-refractivity contribution in [3.63, 3.8) is 0 Å². The predicted molar refractivity (Wildman–Crippen MR) is 259 cm³/mol. The van der Waals surface area contributed by atoms with Gasteiger partial charge in [0.2, 0.25) is 11.9 Å². The molecule has 0 atom stereocenters. The molecule has 0 amide bonds. The Bertz CT molecular complexity index is 2970. The molecule has 15 nitrogen and oxygen atoms in total. The third-order valence-corrected chi connectivity index (χ3v) is 12.2. The molecule has 0 unspecified atom stereocenters. The summed E-state index contributed by atoms with van der Waals surface area (Å²) in [5.41, 5.74) is 6.34. The third-order valence-electron chi connectivity index (χ3n) is 12.0. The summed E-state index contributed by atoms with van der Waals surface area (Å²) in [7, 11) is 0. The van der Waals surface area contributed by atoms with Gasteiger partial charge in [0.05, 0.1) is 28.3 Å².